The highest BCUT2D eigenvalue weighted by molar-refractivity contribution is 5.27. The Bertz CT molecular complexity index is 829. The Morgan fingerprint density at radius 1 is 0.697 bits per heavy atom. The zero-order valence-corrected chi connectivity index (χ0v) is 20.7. The molecule has 178 valence electrons. The van der Waals surface area contributed by atoms with Crippen LogP contribution in [0.2, 0.25) is 0 Å². The van der Waals surface area contributed by atoms with E-state index in [4.69, 9.17) is 0 Å². The normalized spacial score (nSPS) is 24.9. The van der Waals surface area contributed by atoms with Crippen LogP contribution in [0.3, 0.4) is 0 Å². The molecule has 0 radical (unpaired) electrons. The highest BCUT2D eigenvalue weighted by atomic mass is 15.1. The third-order valence-corrected chi connectivity index (χ3v) is 8.39. The first-order chi connectivity index (χ1) is 16.2. The summed E-state index contributed by atoms with van der Waals surface area (Å²) >= 11 is 0. The Hall–Kier alpha value is -1.68. The second-order valence-electron chi connectivity index (χ2n) is 11.2. The average molecular weight is 446 g/mol. The topological polar surface area (TPSA) is 9.72 Å². The van der Waals surface area contributed by atoms with Crippen LogP contribution in [-0.4, -0.2) is 61.0 Å². The molecule has 0 bridgehead atoms. The van der Waals surface area contributed by atoms with Crippen molar-refractivity contribution in [1.29, 1.82) is 0 Å². The van der Waals surface area contributed by atoms with Crippen molar-refractivity contribution in [3.63, 3.8) is 0 Å². The minimum atomic E-state index is 0.797. The van der Waals surface area contributed by atoms with Gasteiger partial charge in [0.2, 0.25) is 0 Å². The molecule has 5 rings (SSSR count). The highest BCUT2D eigenvalue weighted by Crippen LogP contribution is 2.42. The van der Waals surface area contributed by atoms with Crippen molar-refractivity contribution in [2.24, 2.45) is 11.8 Å². The Labute approximate surface area is 201 Å². The van der Waals surface area contributed by atoms with E-state index < -0.39 is 0 Å². The van der Waals surface area contributed by atoms with Gasteiger partial charge in [-0.1, -0.05) is 54.6 Å². The molecule has 2 aromatic carbocycles. The summed E-state index contributed by atoms with van der Waals surface area (Å²) in [6.45, 7) is 9.91. The summed E-state index contributed by atoms with van der Waals surface area (Å²) in [4.78, 5) is 7.87. The molecule has 0 spiro atoms. The minimum Gasteiger partial charge on any atom is -0.306 e. The van der Waals surface area contributed by atoms with Crippen LogP contribution in [-0.2, 0) is 13.1 Å². The molecule has 1 saturated carbocycles. The number of piperidine rings is 1. The highest BCUT2D eigenvalue weighted by Gasteiger charge is 2.31. The molecule has 3 nitrogen and oxygen atoms in total. The Kier molecular flexibility index (Phi) is 7.81. The molecule has 0 N–H and O–H groups in total. The largest absolute Gasteiger partial charge is 0.306 e. The second-order valence-corrected chi connectivity index (χ2v) is 11.2. The summed E-state index contributed by atoms with van der Waals surface area (Å²) in [5.41, 5.74) is 4.52. The molecular weight excluding hydrogens is 402 g/mol. The van der Waals surface area contributed by atoms with E-state index in [9.17, 15) is 0 Å². The molecule has 0 amide bonds. The lowest BCUT2D eigenvalue weighted by molar-refractivity contribution is 0.124. The lowest BCUT2D eigenvalue weighted by atomic mass is 9.71. The zero-order valence-electron chi connectivity index (χ0n) is 20.7. The predicted octanol–water partition coefficient (Wildman–Crippen LogP) is 5.62. The van der Waals surface area contributed by atoms with Crippen LogP contribution in [0.25, 0.3) is 0 Å². The molecule has 2 aromatic rings. The first kappa shape index (κ1) is 23.1. The number of hydrogen-bond acceptors (Lipinski definition) is 3. The summed E-state index contributed by atoms with van der Waals surface area (Å²) in [7, 11) is 2.36. The summed E-state index contributed by atoms with van der Waals surface area (Å²) in [5.74, 6) is 2.56. The number of nitrogens with zero attached hydrogens (tertiary/aromatic N) is 3. The maximum absolute atomic E-state index is 2.64. The van der Waals surface area contributed by atoms with Crippen LogP contribution >= 0.6 is 0 Å². The van der Waals surface area contributed by atoms with Gasteiger partial charge < -0.3 is 4.90 Å². The molecule has 1 aliphatic carbocycles. The van der Waals surface area contributed by atoms with Crippen molar-refractivity contribution in [2.75, 3.05) is 46.3 Å². The summed E-state index contributed by atoms with van der Waals surface area (Å²) in [5, 5.41) is 0. The van der Waals surface area contributed by atoms with Crippen molar-refractivity contribution < 1.29 is 0 Å². The fourth-order valence-corrected chi connectivity index (χ4v) is 6.38. The van der Waals surface area contributed by atoms with E-state index in [0.29, 0.717) is 0 Å². The van der Waals surface area contributed by atoms with Crippen molar-refractivity contribution in [1.82, 2.24) is 14.7 Å². The van der Waals surface area contributed by atoms with E-state index in [2.05, 4.69) is 76.3 Å². The van der Waals surface area contributed by atoms with Gasteiger partial charge in [-0.15, -0.1) is 0 Å². The first-order valence-corrected chi connectivity index (χ1v) is 13.5. The van der Waals surface area contributed by atoms with Gasteiger partial charge in [0.25, 0.3) is 0 Å². The van der Waals surface area contributed by atoms with Crippen LogP contribution in [0, 0.1) is 11.8 Å². The van der Waals surface area contributed by atoms with Gasteiger partial charge in [-0.05, 0) is 106 Å². The molecule has 33 heavy (non-hydrogen) atoms. The van der Waals surface area contributed by atoms with Gasteiger partial charge in [0.1, 0.15) is 0 Å². The molecule has 0 aromatic heterocycles. The van der Waals surface area contributed by atoms with E-state index >= 15 is 0 Å². The monoisotopic (exact) mass is 445 g/mol. The van der Waals surface area contributed by atoms with Gasteiger partial charge in [-0.25, -0.2) is 0 Å². The lowest BCUT2D eigenvalue weighted by Crippen LogP contribution is -2.40. The number of rotatable bonds is 9. The molecular formula is C30H43N3. The smallest absolute Gasteiger partial charge is 0.0233 e. The summed E-state index contributed by atoms with van der Waals surface area (Å²) in [6, 6.07) is 20.6. The second kappa shape index (κ2) is 11.2. The molecule has 2 saturated heterocycles. The molecule has 3 heteroatoms. The van der Waals surface area contributed by atoms with Crippen LogP contribution < -0.4 is 0 Å². The Balaban J connectivity index is 0.982. The maximum Gasteiger partial charge on any atom is 0.0233 e. The van der Waals surface area contributed by atoms with Gasteiger partial charge in [-0.3, -0.25) is 9.80 Å². The van der Waals surface area contributed by atoms with E-state index in [0.717, 1.165) is 30.8 Å². The van der Waals surface area contributed by atoms with Crippen molar-refractivity contribution in [3.8, 4) is 0 Å². The average Bonchev–Trinajstić information content (AvgIpc) is 3.32. The third-order valence-electron chi connectivity index (χ3n) is 8.39. The van der Waals surface area contributed by atoms with Crippen molar-refractivity contribution in [2.45, 2.75) is 57.5 Å². The van der Waals surface area contributed by atoms with E-state index in [1.807, 2.05) is 0 Å². The maximum atomic E-state index is 2.64. The number of likely N-dealkylation sites (tertiary alicyclic amines) is 2. The quantitative estimate of drug-likeness (QED) is 0.496. The Morgan fingerprint density at radius 3 is 1.94 bits per heavy atom. The fraction of sp³-hybridized carbons (Fsp3) is 0.600. The molecule has 3 fully saturated rings. The number of hydrogen-bond donors (Lipinski definition) is 0. The predicted molar refractivity (Wildman–Crippen MR) is 138 cm³/mol. The number of benzene rings is 2. The lowest BCUT2D eigenvalue weighted by Gasteiger charge is -2.40. The standard InChI is InChI=1S/C30H43N3/c1-31(21-27-13-17-33(18-14-27)23-25-7-3-2-4-8-25)22-28-19-30(20-28)29-11-9-26(10-12-29)24-32-15-5-6-16-32/h2-4,7-12,27-28,30H,5-6,13-24H2,1H3/t28-,30-. The van der Waals surface area contributed by atoms with Crippen molar-refractivity contribution >= 4 is 0 Å². The SMILES string of the molecule is CN(CC1CCN(Cc2ccccc2)CC1)C[C@H]1C[C@H](c2ccc(CN3CCCC3)cc2)C1. The fourth-order valence-electron chi connectivity index (χ4n) is 6.38. The Morgan fingerprint density at radius 2 is 1.27 bits per heavy atom. The summed E-state index contributed by atoms with van der Waals surface area (Å²) in [6.07, 6.45) is 8.23. The van der Waals surface area contributed by atoms with Crippen molar-refractivity contribution in [3.05, 3.63) is 71.3 Å². The molecule has 0 unspecified atom stereocenters. The van der Waals surface area contributed by atoms with Crippen LogP contribution in [0.5, 0.6) is 0 Å². The first-order valence-electron chi connectivity index (χ1n) is 13.5. The van der Waals surface area contributed by atoms with Crippen LogP contribution in [0.15, 0.2) is 54.6 Å². The molecule has 2 heterocycles. The summed E-state index contributed by atoms with van der Waals surface area (Å²) < 4.78 is 0. The van der Waals surface area contributed by atoms with E-state index in [-0.39, 0.29) is 0 Å². The minimum absolute atomic E-state index is 0.797. The van der Waals surface area contributed by atoms with E-state index in [1.54, 1.807) is 5.56 Å². The van der Waals surface area contributed by atoms with Gasteiger partial charge in [0, 0.05) is 26.2 Å². The van der Waals surface area contributed by atoms with Crippen LogP contribution in [0.4, 0.5) is 0 Å². The van der Waals surface area contributed by atoms with Crippen LogP contribution in [0.1, 0.15) is 61.1 Å². The molecule has 3 aliphatic rings. The zero-order chi connectivity index (χ0) is 22.5. The third kappa shape index (κ3) is 6.47. The van der Waals surface area contributed by atoms with E-state index in [1.165, 1.54) is 88.9 Å². The van der Waals surface area contributed by atoms with Gasteiger partial charge in [-0.2, -0.15) is 0 Å². The molecule has 0 atom stereocenters. The van der Waals surface area contributed by atoms with Gasteiger partial charge >= 0.3 is 0 Å². The molecule has 2 aliphatic heterocycles. The van der Waals surface area contributed by atoms with Gasteiger partial charge in [0.15, 0.2) is 0 Å². The van der Waals surface area contributed by atoms with Gasteiger partial charge in [0.05, 0.1) is 0 Å².